The summed E-state index contributed by atoms with van der Waals surface area (Å²) in [5.74, 6) is 0.737. The number of hydrogen-bond acceptors (Lipinski definition) is 3. The second-order valence-electron chi connectivity index (χ2n) is 5.92. The predicted octanol–water partition coefficient (Wildman–Crippen LogP) is 3.33. The number of nitrogens with zero attached hydrogens (tertiary/aromatic N) is 1. The largest absolute Gasteiger partial charge is 0.441 e. The van der Waals surface area contributed by atoms with Crippen molar-refractivity contribution in [3.05, 3.63) is 42.2 Å². The van der Waals surface area contributed by atoms with Gasteiger partial charge in [-0.1, -0.05) is 0 Å². The van der Waals surface area contributed by atoms with Crippen LogP contribution in [0.15, 0.2) is 34.9 Å². The molecule has 0 radical (unpaired) electrons. The van der Waals surface area contributed by atoms with Crippen molar-refractivity contribution in [2.75, 3.05) is 0 Å². The first-order valence-electron chi connectivity index (χ1n) is 6.85. The second kappa shape index (κ2) is 6.08. The molecule has 4 nitrogen and oxygen atoms in total. The number of hydrogen-bond donors (Lipinski definition) is 1. The fraction of sp³-hybridized carbons (Fsp3) is 0.375. The molecule has 0 fully saturated rings. The molecule has 0 saturated heterocycles. The summed E-state index contributed by atoms with van der Waals surface area (Å²) < 4.78 is 18.4. The third-order valence-corrected chi connectivity index (χ3v) is 2.76. The van der Waals surface area contributed by atoms with Gasteiger partial charge in [0.2, 0.25) is 5.91 Å². The normalized spacial score (nSPS) is 11.4. The zero-order valence-electron chi connectivity index (χ0n) is 12.4. The summed E-state index contributed by atoms with van der Waals surface area (Å²) in [7, 11) is 0. The van der Waals surface area contributed by atoms with Gasteiger partial charge in [-0.15, -0.1) is 0 Å². The van der Waals surface area contributed by atoms with E-state index in [2.05, 4.69) is 10.3 Å². The van der Waals surface area contributed by atoms with Crippen molar-refractivity contribution < 1.29 is 13.6 Å². The lowest BCUT2D eigenvalue weighted by atomic mass is 10.1. The van der Waals surface area contributed by atoms with Gasteiger partial charge in [-0.3, -0.25) is 4.79 Å². The highest BCUT2D eigenvalue weighted by atomic mass is 19.1. The molecular formula is C16H19FN2O2. The van der Waals surface area contributed by atoms with Crippen LogP contribution in [0.3, 0.4) is 0 Å². The zero-order valence-corrected chi connectivity index (χ0v) is 12.4. The molecule has 2 aromatic rings. The van der Waals surface area contributed by atoms with Crippen LogP contribution in [0.5, 0.6) is 0 Å². The molecular weight excluding hydrogens is 271 g/mol. The van der Waals surface area contributed by atoms with Gasteiger partial charge in [0.15, 0.2) is 11.7 Å². The highest BCUT2D eigenvalue weighted by molar-refractivity contribution is 5.76. The van der Waals surface area contributed by atoms with E-state index in [9.17, 15) is 9.18 Å². The van der Waals surface area contributed by atoms with Gasteiger partial charge in [-0.2, -0.15) is 0 Å². The van der Waals surface area contributed by atoms with Crippen molar-refractivity contribution in [3.63, 3.8) is 0 Å². The molecule has 1 N–H and O–H groups in total. The topological polar surface area (TPSA) is 55.1 Å². The van der Waals surface area contributed by atoms with E-state index in [1.165, 1.54) is 12.1 Å². The van der Waals surface area contributed by atoms with E-state index in [1.54, 1.807) is 18.3 Å². The summed E-state index contributed by atoms with van der Waals surface area (Å²) in [6, 6.07) is 6.00. The minimum Gasteiger partial charge on any atom is -0.441 e. The Hall–Kier alpha value is -2.17. The quantitative estimate of drug-likeness (QED) is 0.939. The van der Waals surface area contributed by atoms with Crippen molar-refractivity contribution in [1.29, 1.82) is 0 Å². The Morgan fingerprint density at radius 3 is 2.57 bits per heavy atom. The van der Waals surface area contributed by atoms with Gasteiger partial charge in [0.1, 0.15) is 5.82 Å². The minimum absolute atomic E-state index is 0.0379. The van der Waals surface area contributed by atoms with Crippen LogP contribution in [0.25, 0.3) is 11.3 Å². The number of aryl methyl sites for hydroxylation is 1. The summed E-state index contributed by atoms with van der Waals surface area (Å²) in [4.78, 5) is 15.9. The van der Waals surface area contributed by atoms with Crippen LogP contribution in [0.1, 0.15) is 33.1 Å². The highest BCUT2D eigenvalue weighted by Gasteiger charge is 2.14. The third kappa shape index (κ3) is 4.70. The maximum Gasteiger partial charge on any atom is 0.220 e. The first-order chi connectivity index (χ1) is 9.83. The van der Waals surface area contributed by atoms with E-state index < -0.39 is 0 Å². The zero-order chi connectivity index (χ0) is 15.5. The van der Waals surface area contributed by atoms with Crippen molar-refractivity contribution in [2.45, 2.75) is 39.2 Å². The van der Waals surface area contributed by atoms with E-state index >= 15 is 0 Å². The van der Waals surface area contributed by atoms with Gasteiger partial charge in [-0.25, -0.2) is 9.37 Å². The van der Waals surface area contributed by atoms with E-state index in [0.29, 0.717) is 24.5 Å². The van der Waals surface area contributed by atoms with Crippen LogP contribution in [0.2, 0.25) is 0 Å². The first-order valence-corrected chi connectivity index (χ1v) is 6.85. The summed E-state index contributed by atoms with van der Waals surface area (Å²) >= 11 is 0. The number of nitrogens with one attached hydrogen (secondary N) is 1. The number of oxazole rings is 1. The number of amides is 1. The number of carbonyl (C=O) groups is 1. The summed E-state index contributed by atoms with van der Waals surface area (Å²) in [5, 5.41) is 2.88. The molecule has 0 aliphatic carbocycles. The fourth-order valence-corrected chi connectivity index (χ4v) is 1.87. The van der Waals surface area contributed by atoms with Crippen LogP contribution in [-0.4, -0.2) is 16.4 Å². The number of rotatable bonds is 4. The monoisotopic (exact) mass is 290 g/mol. The molecule has 21 heavy (non-hydrogen) atoms. The molecule has 5 heteroatoms. The number of aromatic nitrogens is 1. The van der Waals surface area contributed by atoms with Gasteiger partial charge in [0, 0.05) is 23.9 Å². The average Bonchev–Trinajstić information content (AvgIpc) is 2.84. The van der Waals surface area contributed by atoms with Crippen LogP contribution < -0.4 is 5.32 Å². The van der Waals surface area contributed by atoms with Crippen LogP contribution in [0.4, 0.5) is 4.39 Å². The van der Waals surface area contributed by atoms with E-state index in [4.69, 9.17) is 4.42 Å². The Labute approximate surface area is 123 Å². The Bertz CT molecular complexity index is 612. The van der Waals surface area contributed by atoms with Crippen LogP contribution in [0, 0.1) is 5.82 Å². The predicted molar refractivity (Wildman–Crippen MR) is 78.1 cm³/mol. The Morgan fingerprint density at radius 1 is 1.29 bits per heavy atom. The Morgan fingerprint density at radius 2 is 1.95 bits per heavy atom. The van der Waals surface area contributed by atoms with Crippen molar-refractivity contribution in [1.82, 2.24) is 10.3 Å². The van der Waals surface area contributed by atoms with Gasteiger partial charge >= 0.3 is 0 Å². The molecule has 0 spiro atoms. The molecule has 0 unspecified atom stereocenters. The Balaban J connectivity index is 1.94. The molecule has 0 aliphatic rings. The van der Waals surface area contributed by atoms with E-state index in [1.807, 2.05) is 20.8 Å². The van der Waals surface area contributed by atoms with Crippen LogP contribution in [-0.2, 0) is 11.2 Å². The molecule has 112 valence electrons. The molecule has 0 atom stereocenters. The lowest BCUT2D eigenvalue weighted by Crippen LogP contribution is -2.40. The van der Waals surface area contributed by atoms with Crippen molar-refractivity contribution in [2.24, 2.45) is 0 Å². The Kier molecular flexibility index (Phi) is 4.40. The molecule has 0 bridgehead atoms. The molecule has 1 aromatic carbocycles. The fourth-order valence-electron chi connectivity index (χ4n) is 1.87. The molecule has 1 aromatic heterocycles. The van der Waals surface area contributed by atoms with Gasteiger partial charge in [0.25, 0.3) is 0 Å². The van der Waals surface area contributed by atoms with Gasteiger partial charge in [-0.05, 0) is 45.0 Å². The highest BCUT2D eigenvalue weighted by Crippen LogP contribution is 2.21. The van der Waals surface area contributed by atoms with E-state index in [0.717, 1.165) is 5.56 Å². The molecule has 1 amide bonds. The number of benzene rings is 1. The lowest BCUT2D eigenvalue weighted by Gasteiger charge is -2.20. The third-order valence-electron chi connectivity index (χ3n) is 2.76. The summed E-state index contributed by atoms with van der Waals surface area (Å²) in [6.45, 7) is 5.80. The smallest absolute Gasteiger partial charge is 0.220 e. The summed E-state index contributed by atoms with van der Waals surface area (Å²) in [6.07, 6.45) is 2.34. The maximum absolute atomic E-state index is 12.9. The SMILES string of the molecule is CC(C)(C)NC(=O)CCc1ncc(-c2ccc(F)cc2)o1. The molecule has 2 rings (SSSR count). The second-order valence-corrected chi connectivity index (χ2v) is 5.92. The first kappa shape index (κ1) is 15.2. The average molecular weight is 290 g/mol. The van der Waals surface area contributed by atoms with Crippen molar-refractivity contribution in [3.8, 4) is 11.3 Å². The molecule has 1 heterocycles. The van der Waals surface area contributed by atoms with Gasteiger partial charge < -0.3 is 9.73 Å². The standard InChI is InChI=1S/C16H19FN2O2/c1-16(2,3)19-14(20)8-9-15-18-10-13(21-15)11-4-6-12(17)7-5-11/h4-7,10H,8-9H2,1-3H3,(H,19,20). The summed E-state index contributed by atoms with van der Waals surface area (Å²) in [5.41, 5.74) is 0.515. The van der Waals surface area contributed by atoms with Crippen molar-refractivity contribution >= 4 is 5.91 Å². The van der Waals surface area contributed by atoms with E-state index in [-0.39, 0.29) is 17.3 Å². The molecule has 0 aliphatic heterocycles. The minimum atomic E-state index is -0.294. The maximum atomic E-state index is 12.9. The van der Waals surface area contributed by atoms with Crippen LogP contribution >= 0.6 is 0 Å². The number of halogens is 1. The van der Waals surface area contributed by atoms with Gasteiger partial charge in [0.05, 0.1) is 6.20 Å². The molecule has 0 saturated carbocycles. The number of carbonyl (C=O) groups excluding carboxylic acids is 1. The lowest BCUT2D eigenvalue weighted by molar-refractivity contribution is -0.122.